The van der Waals surface area contributed by atoms with E-state index in [-0.39, 0.29) is 0 Å². The highest BCUT2D eigenvalue weighted by atomic mass is 16.1. The lowest BCUT2D eigenvalue weighted by atomic mass is 10.2. The highest BCUT2D eigenvalue weighted by Crippen LogP contribution is 2.21. The summed E-state index contributed by atoms with van der Waals surface area (Å²) < 4.78 is 0. The number of carbonyl (C=O) groups excluding carboxylic acids is 1. The van der Waals surface area contributed by atoms with Gasteiger partial charge in [-0.3, -0.25) is 4.79 Å². The fraction of sp³-hybridized carbons (Fsp3) is 0.444. The van der Waals surface area contributed by atoms with Gasteiger partial charge < -0.3 is 5.32 Å². The van der Waals surface area contributed by atoms with Crippen LogP contribution in [0.5, 0.6) is 0 Å². The summed E-state index contributed by atoms with van der Waals surface area (Å²) in [4.78, 5) is 10.5. The number of carbonyl (C=O) groups is 1. The number of aldehydes is 1. The van der Waals surface area contributed by atoms with Crippen molar-refractivity contribution in [2.75, 3.05) is 0 Å². The predicted octanol–water partition coefficient (Wildman–Crippen LogP) is 1.75. The van der Waals surface area contributed by atoms with Gasteiger partial charge in [-0.15, -0.1) is 0 Å². The zero-order valence-electron chi connectivity index (χ0n) is 6.76. The number of hydrogen-bond donors (Lipinski definition) is 1. The van der Waals surface area contributed by atoms with Gasteiger partial charge in [-0.2, -0.15) is 0 Å². The molecule has 1 aliphatic carbocycles. The Morgan fingerprint density at radius 2 is 2.27 bits per heavy atom. The minimum Gasteiger partial charge on any atom is -0.365 e. The Kier molecular flexibility index (Phi) is 2.90. The quantitative estimate of drug-likeness (QED) is 0.622. The highest BCUT2D eigenvalue weighted by Gasteiger charge is 2.11. The summed E-state index contributed by atoms with van der Waals surface area (Å²) in [6.07, 6.45) is 7.80. The fourth-order valence-electron chi connectivity index (χ4n) is 1.25. The van der Waals surface area contributed by atoms with Gasteiger partial charge in [0.1, 0.15) is 6.29 Å². The van der Waals surface area contributed by atoms with Crippen LogP contribution in [0.1, 0.15) is 26.2 Å². The lowest BCUT2D eigenvalue weighted by molar-refractivity contribution is -0.105. The second-order valence-electron chi connectivity index (χ2n) is 2.62. The van der Waals surface area contributed by atoms with Gasteiger partial charge in [0.15, 0.2) is 0 Å². The molecular weight excluding hydrogens is 138 g/mol. The Balaban J connectivity index is 2.59. The van der Waals surface area contributed by atoms with Gasteiger partial charge in [0.25, 0.3) is 0 Å². The van der Waals surface area contributed by atoms with Crippen molar-refractivity contribution in [3.63, 3.8) is 0 Å². The summed E-state index contributed by atoms with van der Waals surface area (Å²) in [5.41, 5.74) is 2.03. The first-order chi connectivity index (χ1) is 5.38. The van der Waals surface area contributed by atoms with Gasteiger partial charge in [0.05, 0.1) is 0 Å². The van der Waals surface area contributed by atoms with E-state index in [4.69, 9.17) is 0 Å². The Hall–Kier alpha value is -1.05. The lowest BCUT2D eigenvalue weighted by Gasteiger charge is -2.00. The van der Waals surface area contributed by atoms with Gasteiger partial charge in [-0.25, -0.2) is 0 Å². The normalized spacial score (nSPS) is 17.9. The van der Waals surface area contributed by atoms with E-state index in [0.717, 1.165) is 36.8 Å². The smallest absolute Gasteiger partial charge is 0.147 e. The first-order valence-corrected chi connectivity index (χ1v) is 3.93. The van der Waals surface area contributed by atoms with Crippen molar-refractivity contribution in [1.29, 1.82) is 0 Å². The van der Waals surface area contributed by atoms with E-state index in [9.17, 15) is 4.79 Å². The van der Waals surface area contributed by atoms with E-state index in [2.05, 4.69) is 5.32 Å². The fourth-order valence-corrected chi connectivity index (χ4v) is 1.25. The average Bonchev–Trinajstić information content (AvgIpc) is 2.47. The molecule has 2 heteroatoms. The van der Waals surface area contributed by atoms with Crippen molar-refractivity contribution in [2.24, 2.45) is 0 Å². The zero-order chi connectivity index (χ0) is 8.10. The summed E-state index contributed by atoms with van der Waals surface area (Å²) in [6.45, 7) is 1.95. The van der Waals surface area contributed by atoms with Crippen LogP contribution in [0.25, 0.3) is 0 Å². The molecule has 0 fully saturated rings. The third-order valence-corrected chi connectivity index (χ3v) is 1.83. The maximum absolute atomic E-state index is 10.5. The minimum atomic E-state index is 0.933. The second-order valence-corrected chi connectivity index (χ2v) is 2.62. The lowest BCUT2D eigenvalue weighted by Crippen LogP contribution is -2.04. The molecule has 0 spiro atoms. The Labute approximate surface area is 67.0 Å². The van der Waals surface area contributed by atoms with E-state index in [1.165, 1.54) is 0 Å². The molecule has 0 unspecified atom stereocenters. The van der Waals surface area contributed by atoms with Crippen molar-refractivity contribution in [1.82, 2.24) is 5.32 Å². The summed E-state index contributed by atoms with van der Waals surface area (Å²) in [6, 6.07) is 0. The molecule has 11 heavy (non-hydrogen) atoms. The van der Waals surface area contributed by atoms with Gasteiger partial charge in [-0.1, -0.05) is 6.08 Å². The topological polar surface area (TPSA) is 29.1 Å². The van der Waals surface area contributed by atoms with Crippen LogP contribution in [-0.2, 0) is 4.79 Å². The van der Waals surface area contributed by atoms with Gasteiger partial charge >= 0.3 is 0 Å². The minimum absolute atomic E-state index is 0.933. The van der Waals surface area contributed by atoms with Crippen LogP contribution in [0.15, 0.2) is 23.5 Å². The van der Waals surface area contributed by atoms with Crippen LogP contribution >= 0.6 is 0 Å². The molecule has 0 amide bonds. The standard InChI is InChI=1S/C9H13NO/c1-2-6-10-9-5-3-4-8(9)7-11/h2,6-7,10H,3-5H2,1H3/b6-2+. The summed E-state index contributed by atoms with van der Waals surface area (Å²) in [5, 5.41) is 3.10. The molecule has 0 aromatic carbocycles. The van der Waals surface area contributed by atoms with Crippen molar-refractivity contribution in [3.8, 4) is 0 Å². The molecule has 0 atom stereocenters. The molecule has 0 bridgehead atoms. The van der Waals surface area contributed by atoms with Gasteiger partial charge in [-0.05, 0) is 32.4 Å². The Morgan fingerprint density at radius 3 is 2.91 bits per heavy atom. The Morgan fingerprint density at radius 1 is 1.45 bits per heavy atom. The van der Waals surface area contributed by atoms with Crippen LogP contribution in [0.2, 0.25) is 0 Å². The molecule has 0 aliphatic heterocycles. The van der Waals surface area contributed by atoms with Crippen molar-refractivity contribution >= 4 is 6.29 Å². The molecule has 1 aliphatic rings. The number of nitrogens with one attached hydrogen (secondary N) is 1. The van der Waals surface area contributed by atoms with Gasteiger partial charge in [0, 0.05) is 11.3 Å². The average molecular weight is 151 g/mol. The monoisotopic (exact) mass is 151 g/mol. The van der Waals surface area contributed by atoms with Crippen LogP contribution in [0.3, 0.4) is 0 Å². The second kappa shape index (κ2) is 3.96. The van der Waals surface area contributed by atoms with Crippen LogP contribution in [0.4, 0.5) is 0 Å². The van der Waals surface area contributed by atoms with Crippen molar-refractivity contribution in [2.45, 2.75) is 26.2 Å². The molecule has 2 nitrogen and oxygen atoms in total. The third-order valence-electron chi connectivity index (χ3n) is 1.83. The van der Waals surface area contributed by atoms with Crippen LogP contribution in [0, 0.1) is 0 Å². The molecule has 1 rings (SSSR count). The molecule has 0 radical (unpaired) electrons. The predicted molar refractivity (Wildman–Crippen MR) is 44.9 cm³/mol. The van der Waals surface area contributed by atoms with Crippen LogP contribution < -0.4 is 5.32 Å². The largest absolute Gasteiger partial charge is 0.365 e. The maximum Gasteiger partial charge on any atom is 0.147 e. The zero-order valence-corrected chi connectivity index (χ0v) is 6.76. The summed E-state index contributed by atoms with van der Waals surface area (Å²) in [5.74, 6) is 0. The molecule has 0 aromatic heterocycles. The first kappa shape index (κ1) is 8.05. The summed E-state index contributed by atoms with van der Waals surface area (Å²) in [7, 11) is 0. The van der Waals surface area contributed by atoms with Gasteiger partial charge in [0.2, 0.25) is 0 Å². The van der Waals surface area contributed by atoms with E-state index >= 15 is 0 Å². The van der Waals surface area contributed by atoms with E-state index < -0.39 is 0 Å². The molecule has 60 valence electrons. The third kappa shape index (κ3) is 1.93. The molecule has 1 N–H and O–H groups in total. The van der Waals surface area contributed by atoms with Crippen molar-refractivity contribution < 1.29 is 4.79 Å². The summed E-state index contributed by atoms with van der Waals surface area (Å²) >= 11 is 0. The molecule has 0 saturated heterocycles. The first-order valence-electron chi connectivity index (χ1n) is 3.93. The van der Waals surface area contributed by atoms with Crippen LogP contribution in [-0.4, -0.2) is 6.29 Å². The van der Waals surface area contributed by atoms with E-state index in [1.807, 2.05) is 19.2 Å². The van der Waals surface area contributed by atoms with Crippen molar-refractivity contribution in [3.05, 3.63) is 23.5 Å². The number of hydrogen-bond acceptors (Lipinski definition) is 2. The maximum atomic E-state index is 10.5. The Bertz CT molecular complexity index is 204. The van der Waals surface area contributed by atoms with E-state index in [1.54, 1.807) is 0 Å². The molecule has 0 saturated carbocycles. The molecule has 0 aromatic rings. The number of rotatable bonds is 3. The number of allylic oxidation sites excluding steroid dienone is 3. The van der Waals surface area contributed by atoms with E-state index in [0.29, 0.717) is 0 Å². The molecular formula is C9H13NO. The SMILES string of the molecule is C/C=C/NC1=C(C=O)CCC1. The highest BCUT2D eigenvalue weighted by molar-refractivity contribution is 5.75. The molecule has 0 heterocycles.